The highest BCUT2D eigenvalue weighted by Crippen LogP contribution is 2.18. The fourth-order valence-corrected chi connectivity index (χ4v) is 7.78. The highest BCUT2D eigenvalue weighted by Gasteiger charge is 2.19. The van der Waals surface area contributed by atoms with Crippen LogP contribution in [0.1, 0.15) is 285 Å². The Hall–Kier alpha value is -1.59. The van der Waals surface area contributed by atoms with Crippen molar-refractivity contribution < 1.29 is 28.6 Å². The number of esters is 3. The number of unbranched alkanes of at least 4 members (excludes halogenated alkanes) is 30. The fourth-order valence-electron chi connectivity index (χ4n) is 7.78. The first-order valence-corrected chi connectivity index (χ1v) is 25.8. The van der Waals surface area contributed by atoms with Crippen molar-refractivity contribution in [3.8, 4) is 0 Å². The Balaban J connectivity index is 4.28. The summed E-state index contributed by atoms with van der Waals surface area (Å²) in [5, 5.41) is 0. The van der Waals surface area contributed by atoms with E-state index in [9.17, 15) is 14.4 Å². The normalized spacial score (nSPS) is 12.5. The lowest BCUT2D eigenvalue weighted by molar-refractivity contribution is -0.167. The summed E-state index contributed by atoms with van der Waals surface area (Å²) in [5.74, 6) is 0.843. The molecule has 0 spiro atoms. The van der Waals surface area contributed by atoms with Crippen LogP contribution in [0.2, 0.25) is 0 Å². The number of hydrogen-bond acceptors (Lipinski definition) is 6. The molecule has 0 aliphatic carbocycles. The van der Waals surface area contributed by atoms with Crippen molar-refractivity contribution >= 4 is 17.9 Å². The SMILES string of the molecule is CCCCCCCCCCCCCC(=O)O[C@@H](COC(=O)CCCCCCCCCCCCCCCCC(C)C)COC(=O)CCCCCCCCCCC(C)CC. The number of rotatable bonds is 46. The highest BCUT2D eigenvalue weighted by molar-refractivity contribution is 5.71. The molecule has 6 nitrogen and oxygen atoms in total. The zero-order chi connectivity index (χ0) is 42.6. The molecule has 0 bridgehead atoms. The van der Waals surface area contributed by atoms with Crippen LogP contribution in [-0.2, 0) is 28.6 Å². The summed E-state index contributed by atoms with van der Waals surface area (Å²) in [7, 11) is 0. The van der Waals surface area contributed by atoms with E-state index in [2.05, 4.69) is 34.6 Å². The molecule has 0 fully saturated rings. The number of hydrogen-bond donors (Lipinski definition) is 0. The summed E-state index contributed by atoms with van der Waals surface area (Å²) in [6.07, 6.45) is 45.1. The van der Waals surface area contributed by atoms with Crippen molar-refractivity contribution in [3.63, 3.8) is 0 Å². The average molecular weight is 821 g/mol. The first kappa shape index (κ1) is 56.4. The molecular weight excluding hydrogens is 721 g/mol. The smallest absolute Gasteiger partial charge is 0.306 e. The maximum absolute atomic E-state index is 12.7. The molecule has 1 unspecified atom stereocenters. The van der Waals surface area contributed by atoms with Gasteiger partial charge in [0.05, 0.1) is 0 Å². The lowest BCUT2D eigenvalue weighted by Crippen LogP contribution is -2.30. The van der Waals surface area contributed by atoms with Gasteiger partial charge in [0.15, 0.2) is 6.10 Å². The first-order chi connectivity index (χ1) is 28.3. The van der Waals surface area contributed by atoms with Crippen molar-refractivity contribution in [2.45, 2.75) is 291 Å². The first-order valence-electron chi connectivity index (χ1n) is 25.8. The summed E-state index contributed by atoms with van der Waals surface area (Å²) >= 11 is 0. The van der Waals surface area contributed by atoms with Crippen LogP contribution in [0.25, 0.3) is 0 Å². The monoisotopic (exact) mass is 821 g/mol. The minimum Gasteiger partial charge on any atom is -0.462 e. The zero-order valence-electron chi connectivity index (χ0n) is 39.7. The zero-order valence-corrected chi connectivity index (χ0v) is 39.7. The number of ether oxygens (including phenoxy) is 3. The molecule has 0 amide bonds. The maximum atomic E-state index is 12.7. The van der Waals surface area contributed by atoms with E-state index in [0.29, 0.717) is 19.3 Å². The Morgan fingerprint density at radius 2 is 0.655 bits per heavy atom. The molecule has 0 aliphatic rings. The summed E-state index contributed by atoms with van der Waals surface area (Å²) < 4.78 is 16.8. The Morgan fingerprint density at radius 1 is 0.362 bits per heavy atom. The Morgan fingerprint density at radius 3 is 0.983 bits per heavy atom. The van der Waals surface area contributed by atoms with Crippen LogP contribution >= 0.6 is 0 Å². The molecule has 0 aromatic rings. The average Bonchev–Trinajstić information content (AvgIpc) is 3.21. The van der Waals surface area contributed by atoms with E-state index in [1.807, 2.05) is 0 Å². The fraction of sp³-hybridized carbons (Fsp3) is 0.942. The Kier molecular flexibility index (Phi) is 43.7. The second-order valence-electron chi connectivity index (χ2n) is 18.5. The van der Waals surface area contributed by atoms with Crippen molar-refractivity contribution in [2.24, 2.45) is 11.8 Å². The van der Waals surface area contributed by atoms with Crippen molar-refractivity contribution in [3.05, 3.63) is 0 Å². The van der Waals surface area contributed by atoms with Gasteiger partial charge in [-0.15, -0.1) is 0 Å². The van der Waals surface area contributed by atoms with E-state index >= 15 is 0 Å². The summed E-state index contributed by atoms with van der Waals surface area (Å²) in [4.78, 5) is 37.9. The van der Waals surface area contributed by atoms with E-state index in [1.165, 1.54) is 173 Å². The number of carbonyl (C=O) groups excluding carboxylic acids is 3. The van der Waals surface area contributed by atoms with Crippen molar-refractivity contribution in [1.29, 1.82) is 0 Å². The van der Waals surface area contributed by atoms with Crippen LogP contribution in [0, 0.1) is 11.8 Å². The van der Waals surface area contributed by atoms with E-state index in [0.717, 1.165) is 69.6 Å². The van der Waals surface area contributed by atoms with Crippen molar-refractivity contribution in [2.75, 3.05) is 13.2 Å². The molecule has 0 aliphatic heterocycles. The van der Waals surface area contributed by atoms with E-state index in [1.54, 1.807) is 0 Å². The van der Waals surface area contributed by atoms with Gasteiger partial charge < -0.3 is 14.2 Å². The third-order valence-corrected chi connectivity index (χ3v) is 12.1. The molecule has 0 radical (unpaired) electrons. The predicted molar refractivity (Wildman–Crippen MR) is 247 cm³/mol. The molecule has 344 valence electrons. The minimum absolute atomic E-state index is 0.0639. The van der Waals surface area contributed by atoms with Gasteiger partial charge >= 0.3 is 17.9 Å². The quantitative estimate of drug-likeness (QED) is 0.0346. The second-order valence-corrected chi connectivity index (χ2v) is 18.5. The molecule has 0 aromatic carbocycles. The molecule has 0 saturated carbocycles. The number of carbonyl (C=O) groups is 3. The van der Waals surface area contributed by atoms with Crippen LogP contribution in [-0.4, -0.2) is 37.2 Å². The Bertz CT molecular complexity index is 887. The molecule has 2 atom stereocenters. The van der Waals surface area contributed by atoms with Crippen LogP contribution in [0.15, 0.2) is 0 Å². The van der Waals surface area contributed by atoms with Gasteiger partial charge in [0.2, 0.25) is 0 Å². The molecule has 0 rings (SSSR count). The van der Waals surface area contributed by atoms with Gasteiger partial charge in [0, 0.05) is 19.3 Å². The van der Waals surface area contributed by atoms with E-state index < -0.39 is 6.10 Å². The third-order valence-electron chi connectivity index (χ3n) is 12.1. The van der Waals surface area contributed by atoms with Crippen LogP contribution < -0.4 is 0 Å². The molecule has 0 saturated heterocycles. The van der Waals surface area contributed by atoms with Gasteiger partial charge in [0.1, 0.15) is 13.2 Å². The van der Waals surface area contributed by atoms with E-state index in [4.69, 9.17) is 14.2 Å². The van der Waals surface area contributed by atoms with Crippen LogP contribution in [0.4, 0.5) is 0 Å². The lowest BCUT2D eigenvalue weighted by atomic mass is 9.99. The van der Waals surface area contributed by atoms with Gasteiger partial charge in [-0.25, -0.2) is 0 Å². The summed E-state index contributed by atoms with van der Waals surface area (Å²) in [6, 6.07) is 0. The van der Waals surface area contributed by atoms with Crippen molar-refractivity contribution in [1.82, 2.24) is 0 Å². The topological polar surface area (TPSA) is 78.9 Å². The van der Waals surface area contributed by atoms with Gasteiger partial charge in [-0.05, 0) is 31.1 Å². The summed E-state index contributed by atoms with van der Waals surface area (Å²) in [5.41, 5.74) is 0. The van der Waals surface area contributed by atoms with E-state index in [-0.39, 0.29) is 31.1 Å². The summed E-state index contributed by atoms with van der Waals surface area (Å²) in [6.45, 7) is 11.4. The standard InChI is InChI=1S/C52H100O6/c1-6-8-9-10-11-12-17-22-29-34-39-44-52(55)58-49(46-57-51(54)43-38-33-28-24-23-26-31-36-41-48(5)7-2)45-56-50(53)42-37-32-27-21-19-16-14-13-15-18-20-25-30-35-40-47(3)4/h47-49H,6-46H2,1-5H3/t48?,49-/m0/s1. The molecule has 0 N–H and O–H groups in total. The molecule has 58 heavy (non-hydrogen) atoms. The maximum Gasteiger partial charge on any atom is 0.306 e. The molecule has 0 aromatic heterocycles. The van der Waals surface area contributed by atoms with Gasteiger partial charge in [0.25, 0.3) is 0 Å². The minimum atomic E-state index is -0.761. The van der Waals surface area contributed by atoms with Crippen LogP contribution in [0.5, 0.6) is 0 Å². The lowest BCUT2D eigenvalue weighted by Gasteiger charge is -2.18. The van der Waals surface area contributed by atoms with Gasteiger partial charge in [-0.3, -0.25) is 14.4 Å². The molecular formula is C52H100O6. The second kappa shape index (κ2) is 44.9. The van der Waals surface area contributed by atoms with Gasteiger partial charge in [-0.2, -0.15) is 0 Å². The predicted octanol–water partition coefficient (Wildman–Crippen LogP) is 16.5. The highest BCUT2D eigenvalue weighted by atomic mass is 16.6. The Labute approximate surface area is 361 Å². The van der Waals surface area contributed by atoms with Gasteiger partial charge in [-0.1, -0.05) is 247 Å². The third kappa shape index (κ3) is 44.0. The van der Waals surface area contributed by atoms with Crippen LogP contribution in [0.3, 0.4) is 0 Å². The molecule has 0 heterocycles. The largest absolute Gasteiger partial charge is 0.462 e. The molecule has 6 heteroatoms.